The number of amides is 1. The summed E-state index contributed by atoms with van der Waals surface area (Å²) in [4.78, 5) is 29.2. The number of halogens is 1. The third kappa shape index (κ3) is 4.59. The predicted molar refractivity (Wildman–Crippen MR) is 91.6 cm³/mol. The number of carboxylic acid groups (broad SMARTS) is 1. The maximum absolute atomic E-state index is 12.5. The van der Waals surface area contributed by atoms with Gasteiger partial charge in [0.2, 0.25) is 17.6 Å². The number of carboxylic acids is 1. The van der Waals surface area contributed by atoms with Crippen LogP contribution in [0.25, 0.3) is 11.4 Å². The summed E-state index contributed by atoms with van der Waals surface area (Å²) in [5, 5.41) is 13.5. The zero-order valence-corrected chi connectivity index (χ0v) is 14.7. The van der Waals surface area contributed by atoms with Gasteiger partial charge in [-0.25, -0.2) is 0 Å². The van der Waals surface area contributed by atoms with Gasteiger partial charge in [-0.15, -0.1) is 0 Å². The molecule has 0 saturated carbocycles. The molecule has 2 heterocycles. The smallest absolute Gasteiger partial charge is 0.305 e. The Hall–Kier alpha value is -2.45. The lowest BCUT2D eigenvalue weighted by atomic mass is 10.1. The molecular formula is C17H18ClN3O5. The molecule has 26 heavy (non-hydrogen) atoms. The summed E-state index contributed by atoms with van der Waals surface area (Å²) in [5.74, 6) is -0.320. The van der Waals surface area contributed by atoms with E-state index in [1.54, 1.807) is 29.2 Å². The summed E-state index contributed by atoms with van der Waals surface area (Å²) >= 11 is 5.85. The number of benzene rings is 1. The van der Waals surface area contributed by atoms with Crippen LogP contribution in [0.15, 0.2) is 28.8 Å². The minimum Gasteiger partial charge on any atom is -0.481 e. The molecule has 1 aliphatic rings. The highest BCUT2D eigenvalue weighted by Gasteiger charge is 2.29. The minimum atomic E-state index is -0.956. The van der Waals surface area contributed by atoms with Gasteiger partial charge in [0.1, 0.15) is 0 Å². The van der Waals surface area contributed by atoms with E-state index in [-0.39, 0.29) is 31.8 Å². The van der Waals surface area contributed by atoms with E-state index in [2.05, 4.69) is 10.1 Å². The number of nitrogens with zero attached hydrogens (tertiary/aromatic N) is 3. The maximum atomic E-state index is 12.5. The van der Waals surface area contributed by atoms with Gasteiger partial charge in [0.05, 0.1) is 25.7 Å². The minimum absolute atomic E-state index is 0.132. The molecule has 1 aromatic carbocycles. The first-order valence-corrected chi connectivity index (χ1v) is 8.58. The largest absolute Gasteiger partial charge is 0.481 e. The van der Waals surface area contributed by atoms with E-state index in [0.717, 1.165) is 5.56 Å². The van der Waals surface area contributed by atoms with E-state index in [4.69, 9.17) is 26.0 Å². The standard InChI is InChI=1S/C17H18ClN3O5/c18-12-3-1-11(2-4-12)17-19-14(26-20-17)5-6-15(22)21-7-8-25-10-13(21)9-16(23)24/h1-4,13H,5-10H2,(H,23,24). The molecule has 8 nitrogen and oxygen atoms in total. The van der Waals surface area contributed by atoms with Crippen molar-refractivity contribution in [3.8, 4) is 11.4 Å². The van der Waals surface area contributed by atoms with Crippen LogP contribution in [0, 0.1) is 0 Å². The highest BCUT2D eigenvalue weighted by Crippen LogP contribution is 2.19. The Kier molecular flexibility index (Phi) is 5.85. The molecule has 0 spiro atoms. The van der Waals surface area contributed by atoms with E-state index < -0.39 is 12.0 Å². The van der Waals surface area contributed by atoms with Crippen molar-refractivity contribution >= 4 is 23.5 Å². The van der Waals surface area contributed by atoms with Crippen LogP contribution < -0.4 is 0 Å². The Morgan fingerprint density at radius 3 is 2.81 bits per heavy atom. The first kappa shape index (κ1) is 18.3. The van der Waals surface area contributed by atoms with Crippen molar-refractivity contribution in [1.29, 1.82) is 0 Å². The van der Waals surface area contributed by atoms with E-state index >= 15 is 0 Å². The van der Waals surface area contributed by atoms with Crippen molar-refractivity contribution in [1.82, 2.24) is 15.0 Å². The van der Waals surface area contributed by atoms with Crippen molar-refractivity contribution in [3.63, 3.8) is 0 Å². The fraction of sp³-hybridized carbons (Fsp3) is 0.412. The van der Waals surface area contributed by atoms with Crippen LogP contribution in [0.2, 0.25) is 5.02 Å². The van der Waals surface area contributed by atoms with Crippen molar-refractivity contribution < 1.29 is 24.0 Å². The first-order chi connectivity index (χ1) is 12.5. The van der Waals surface area contributed by atoms with Crippen LogP contribution in [0.1, 0.15) is 18.7 Å². The van der Waals surface area contributed by atoms with Crippen LogP contribution in [0.4, 0.5) is 0 Å². The summed E-state index contributed by atoms with van der Waals surface area (Å²) in [7, 11) is 0. The Balaban J connectivity index is 1.59. The van der Waals surface area contributed by atoms with E-state index in [0.29, 0.717) is 29.9 Å². The summed E-state index contributed by atoms with van der Waals surface area (Å²) in [6.45, 7) is 1.03. The quantitative estimate of drug-likeness (QED) is 0.818. The molecular weight excluding hydrogens is 362 g/mol. The lowest BCUT2D eigenvalue weighted by molar-refractivity contribution is -0.146. The number of morpholine rings is 1. The van der Waals surface area contributed by atoms with Crippen molar-refractivity contribution in [2.45, 2.75) is 25.3 Å². The molecule has 1 amide bonds. The zero-order chi connectivity index (χ0) is 18.5. The predicted octanol–water partition coefficient (Wildman–Crippen LogP) is 2.02. The first-order valence-electron chi connectivity index (χ1n) is 8.20. The Morgan fingerprint density at radius 1 is 1.31 bits per heavy atom. The average Bonchev–Trinajstić information content (AvgIpc) is 3.09. The molecule has 0 aliphatic carbocycles. The number of aryl methyl sites for hydroxylation is 1. The molecule has 0 radical (unpaired) electrons. The monoisotopic (exact) mass is 379 g/mol. The number of hydrogen-bond acceptors (Lipinski definition) is 6. The summed E-state index contributed by atoms with van der Waals surface area (Å²) in [6, 6.07) is 6.59. The number of carbonyl (C=O) groups is 2. The molecule has 1 saturated heterocycles. The molecule has 0 bridgehead atoms. The van der Waals surface area contributed by atoms with Gasteiger partial charge in [-0.2, -0.15) is 4.98 Å². The van der Waals surface area contributed by atoms with Gasteiger partial charge in [0.25, 0.3) is 0 Å². The second-order valence-electron chi connectivity index (χ2n) is 5.93. The summed E-state index contributed by atoms with van der Waals surface area (Å²) in [6.07, 6.45) is 0.321. The van der Waals surface area contributed by atoms with Gasteiger partial charge in [0.15, 0.2) is 0 Å². The van der Waals surface area contributed by atoms with Gasteiger partial charge in [0, 0.05) is 30.0 Å². The number of rotatable bonds is 6. The molecule has 2 aromatic rings. The summed E-state index contributed by atoms with van der Waals surface area (Å²) in [5.41, 5.74) is 0.769. The number of hydrogen-bond donors (Lipinski definition) is 1. The topological polar surface area (TPSA) is 106 Å². The Labute approximate surface area is 154 Å². The maximum Gasteiger partial charge on any atom is 0.305 e. The third-order valence-electron chi connectivity index (χ3n) is 4.08. The number of ether oxygens (including phenoxy) is 1. The highest BCUT2D eigenvalue weighted by molar-refractivity contribution is 6.30. The van der Waals surface area contributed by atoms with Crippen molar-refractivity contribution in [2.24, 2.45) is 0 Å². The molecule has 1 aliphatic heterocycles. The van der Waals surface area contributed by atoms with Gasteiger partial charge >= 0.3 is 5.97 Å². The van der Waals surface area contributed by atoms with Crippen LogP contribution in [-0.2, 0) is 20.7 Å². The van der Waals surface area contributed by atoms with Gasteiger partial charge < -0.3 is 19.3 Å². The molecule has 1 aromatic heterocycles. The van der Waals surface area contributed by atoms with E-state index in [9.17, 15) is 9.59 Å². The normalized spacial score (nSPS) is 17.3. The molecule has 138 valence electrons. The lowest BCUT2D eigenvalue weighted by Crippen LogP contribution is -2.49. The van der Waals surface area contributed by atoms with Crippen LogP contribution in [0.3, 0.4) is 0 Å². The van der Waals surface area contributed by atoms with Gasteiger partial charge in [-0.3, -0.25) is 9.59 Å². The highest BCUT2D eigenvalue weighted by atomic mass is 35.5. The lowest BCUT2D eigenvalue weighted by Gasteiger charge is -2.34. The Morgan fingerprint density at radius 2 is 2.08 bits per heavy atom. The molecule has 3 rings (SSSR count). The van der Waals surface area contributed by atoms with Crippen molar-refractivity contribution in [3.05, 3.63) is 35.2 Å². The van der Waals surface area contributed by atoms with E-state index in [1.165, 1.54) is 0 Å². The van der Waals surface area contributed by atoms with Gasteiger partial charge in [-0.1, -0.05) is 16.8 Å². The third-order valence-corrected chi connectivity index (χ3v) is 4.33. The fourth-order valence-corrected chi connectivity index (χ4v) is 2.91. The number of aliphatic carboxylic acids is 1. The second kappa shape index (κ2) is 8.29. The van der Waals surface area contributed by atoms with Crippen LogP contribution >= 0.6 is 11.6 Å². The zero-order valence-electron chi connectivity index (χ0n) is 13.9. The van der Waals surface area contributed by atoms with Crippen LogP contribution in [-0.4, -0.2) is 57.8 Å². The molecule has 1 fully saturated rings. The Bertz CT molecular complexity index is 777. The SMILES string of the molecule is O=C(O)CC1COCCN1C(=O)CCc1nc(-c2ccc(Cl)cc2)no1. The number of aromatic nitrogens is 2. The van der Waals surface area contributed by atoms with E-state index in [1.807, 2.05) is 0 Å². The molecule has 1 N–H and O–H groups in total. The second-order valence-corrected chi connectivity index (χ2v) is 6.37. The molecule has 9 heteroatoms. The molecule has 1 atom stereocenters. The van der Waals surface area contributed by atoms with Gasteiger partial charge in [-0.05, 0) is 24.3 Å². The fourth-order valence-electron chi connectivity index (χ4n) is 2.78. The molecule has 1 unspecified atom stereocenters. The summed E-state index contributed by atoms with van der Waals surface area (Å²) < 4.78 is 10.5. The van der Waals surface area contributed by atoms with Crippen molar-refractivity contribution in [2.75, 3.05) is 19.8 Å². The number of carbonyl (C=O) groups excluding carboxylic acids is 1. The van der Waals surface area contributed by atoms with Crippen LogP contribution in [0.5, 0.6) is 0 Å². The average molecular weight is 380 g/mol.